The van der Waals surface area contributed by atoms with Gasteiger partial charge in [0.15, 0.2) is 0 Å². The first kappa shape index (κ1) is 20.0. The summed E-state index contributed by atoms with van der Waals surface area (Å²) in [6.45, 7) is 3.64. The van der Waals surface area contributed by atoms with E-state index in [0.29, 0.717) is 5.56 Å². The molecule has 0 bridgehead atoms. The summed E-state index contributed by atoms with van der Waals surface area (Å²) in [5.74, 6) is -0.214. The van der Waals surface area contributed by atoms with Crippen LogP contribution in [0.2, 0.25) is 0 Å². The van der Waals surface area contributed by atoms with Crippen LogP contribution in [0.15, 0.2) is 71.7 Å². The number of alkyl halides is 3. The third-order valence-electron chi connectivity index (χ3n) is 5.02. The fourth-order valence-electron chi connectivity index (χ4n) is 3.64. The summed E-state index contributed by atoms with van der Waals surface area (Å²) >= 11 is 0. The van der Waals surface area contributed by atoms with Gasteiger partial charge in [0, 0.05) is 28.9 Å². The van der Waals surface area contributed by atoms with Gasteiger partial charge in [-0.15, -0.1) is 0 Å². The van der Waals surface area contributed by atoms with Gasteiger partial charge in [0.05, 0.1) is 5.56 Å². The van der Waals surface area contributed by atoms with E-state index in [1.807, 2.05) is 68.4 Å². The Hall–Kier alpha value is -3.34. The lowest BCUT2D eigenvalue weighted by Gasteiger charge is -2.17. The Bertz CT molecular complexity index is 1220. The molecule has 4 aromatic rings. The van der Waals surface area contributed by atoms with E-state index in [0.717, 1.165) is 33.7 Å². The molecule has 0 heterocycles. The smallest absolute Gasteiger partial charge is 0.416 e. The van der Waals surface area contributed by atoms with E-state index >= 15 is 0 Å². The van der Waals surface area contributed by atoms with Crippen LogP contribution in [0.25, 0.3) is 32.7 Å². The molecule has 0 atom stereocenters. The van der Waals surface area contributed by atoms with Gasteiger partial charge in [-0.2, -0.15) is 13.2 Å². The van der Waals surface area contributed by atoms with Crippen molar-refractivity contribution >= 4 is 27.8 Å². The first-order valence-electron chi connectivity index (χ1n) is 9.64. The number of aromatic hydroxyl groups is 1. The fraction of sp³-hybridized carbons (Fsp3) is 0.160. The molecule has 0 unspecified atom stereocenters. The molecule has 0 fully saturated rings. The Kier molecular flexibility index (Phi) is 4.98. The number of phenols is 1. The van der Waals surface area contributed by atoms with Gasteiger partial charge in [0.25, 0.3) is 0 Å². The van der Waals surface area contributed by atoms with Crippen molar-refractivity contribution in [3.8, 4) is 16.9 Å². The monoisotopic (exact) mass is 407 g/mol. The SMILES string of the molecule is CC(C)N=Cc1cc(C(F)(F)F)cc(-c2c3ccccc3cc3ccccc23)c1O. The molecule has 0 spiro atoms. The van der Waals surface area contributed by atoms with Gasteiger partial charge < -0.3 is 5.11 Å². The van der Waals surface area contributed by atoms with Crippen molar-refractivity contribution in [1.29, 1.82) is 0 Å². The molecule has 2 nitrogen and oxygen atoms in total. The average molecular weight is 407 g/mol. The highest BCUT2D eigenvalue weighted by Gasteiger charge is 2.32. The third kappa shape index (κ3) is 3.63. The lowest BCUT2D eigenvalue weighted by Crippen LogP contribution is -2.07. The molecular weight excluding hydrogens is 387 g/mol. The van der Waals surface area contributed by atoms with Crippen molar-refractivity contribution in [1.82, 2.24) is 0 Å². The maximum Gasteiger partial charge on any atom is 0.416 e. The molecule has 152 valence electrons. The van der Waals surface area contributed by atoms with Crippen molar-refractivity contribution in [3.63, 3.8) is 0 Å². The summed E-state index contributed by atoms with van der Waals surface area (Å²) in [6.07, 6.45) is -3.24. The van der Waals surface area contributed by atoms with Gasteiger partial charge >= 0.3 is 6.18 Å². The summed E-state index contributed by atoms with van der Waals surface area (Å²) in [5.41, 5.74) is -0.0578. The number of rotatable bonds is 3. The Morgan fingerprint density at radius 2 is 1.43 bits per heavy atom. The molecule has 4 rings (SSSR count). The zero-order chi connectivity index (χ0) is 21.5. The van der Waals surface area contributed by atoms with Crippen LogP contribution in [0.4, 0.5) is 13.2 Å². The first-order chi connectivity index (χ1) is 14.3. The molecule has 0 aliphatic heterocycles. The highest BCUT2D eigenvalue weighted by molar-refractivity contribution is 6.14. The second kappa shape index (κ2) is 7.48. The molecule has 0 saturated heterocycles. The summed E-state index contributed by atoms with van der Waals surface area (Å²) in [7, 11) is 0. The Morgan fingerprint density at radius 1 is 0.867 bits per heavy atom. The molecule has 4 aromatic carbocycles. The minimum Gasteiger partial charge on any atom is -0.507 e. The van der Waals surface area contributed by atoms with Crippen LogP contribution >= 0.6 is 0 Å². The van der Waals surface area contributed by atoms with Crippen molar-refractivity contribution in [2.75, 3.05) is 0 Å². The second-order valence-corrected chi connectivity index (χ2v) is 7.53. The molecule has 0 saturated carbocycles. The van der Waals surface area contributed by atoms with Gasteiger partial charge in [0.1, 0.15) is 5.75 Å². The highest BCUT2D eigenvalue weighted by atomic mass is 19.4. The number of benzene rings is 4. The lowest BCUT2D eigenvalue weighted by molar-refractivity contribution is -0.137. The first-order valence-corrected chi connectivity index (χ1v) is 9.64. The minimum absolute atomic E-state index is 0.0468. The minimum atomic E-state index is -4.55. The van der Waals surface area contributed by atoms with E-state index in [9.17, 15) is 18.3 Å². The predicted octanol–water partition coefficient (Wildman–Crippen LogP) is 7.21. The maximum atomic E-state index is 13.7. The number of aliphatic imine (C=N–C) groups is 1. The second-order valence-electron chi connectivity index (χ2n) is 7.53. The summed E-state index contributed by atoms with van der Waals surface area (Å²) in [4.78, 5) is 4.19. The number of hydrogen-bond donors (Lipinski definition) is 1. The fourth-order valence-corrected chi connectivity index (χ4v) is 3.64. The van der Waals surface area contributed by atoms with E-state index in [2.05, 4.69) is 4.99 Å². The highest BCUT2D eigenvalue weighted by Crippen LogP contribution is 2.44. The molecule has 5 heteroatoms. The molecule has 0 aliphatic carbocycles. The number of phenolic OH excluding ortho intramolecular Hbond substituents is 1. The molecule has 0 aromatic heterocycles. The van der Waals surface area contributed by atoms with Crippen LogP contribution < -0.4 is 0 Å². The topological polar surface area (TPSA) is 32.6 Å². The van der Waals surface area contributed by atoms with Gasteiger partial charge in [-0.1, -0.05) is 48.5 Å². The lowest BCUT2D eigenvalue weighted by atomic mass is 9.89. The van der Waals surface area contributed by atoms with Crippen LogP contribution in [0.1, 0.15) is 25.0 Å². The van der Waals surface area contributed by atoms with Crippen LogP contribution in [0.3, 0.4) is 0 Å². The summed E-state index contributed by atoms with van der Waals surface area (Å²) in [5, 5.41) is 14.3. The van der Waals surface area contributed by atoms with Crippen molar-refractivity contribution in [3.05, 3.63) is 77.9 Å². The normalized spacial score (nSPS) is 12.5. The standard InChI is InChI=1S/C25H20F3NO/c1-15(2)29-14-18-12-19(25(26,27)28)13-22(24(18)30)23-20-9-5-3-7-16(20)11-17-8-4-6-10-21(17)23/h3-15,30H,1-2H3. The number of halogens is 3. The van der Waals surface area contributed by atoms with Crippen LogP contribution in [-0.4, -0.2) is 17.4 Å². The van der Waals surface area contributed by atoms with E-state index in [1.54, 1.807) is 0 Å². The predicted molar refractivity (Wildman–Crippen MR) is 116 cm³/mol. The van der Waals surface area contributed by atoms with Gasteiger partial charge in [-0.25, -0.2) is 0 Å². The maximum absolute atomic E-state index is 13.7. The van der Waals surface area contributed by atoms with Crippen molar-refractivity contribution < 1.29 is 18.3 Å². The number of hydrogen-bond acceptors (Lipinski definition) is 2. The quantitative estimate of drug-likeness (QED) is 0.282. The summed E-state index contributed by atoms with van der Waals surface area (Å²) < 4.78 is 41.1. The van der Waals surface area contributed by atoms with Gasteiger partial charge in [0.2, 0.25) is 0 Å². The molecule has 30 heavy (non-hydrogen) atoms. The number of nitrogens with zero attached hydrogens (tertiary/aromatic N) is 1. The Labute approximate surface area is 172 Å². The zero-order valence-electron chi connectivity index (χ0n) is 16.5. The van der Waals surface area contributed by atoms with Crippen molar-refractivity contribution in [2.24, 2.45) is 4.99 Å². The Morgan fingerprint density at radius 3 is 1.97 bits per heavy atom. The van der Waals surface area contributed by atoms with Crippen molar-refractivity contribution in [2.45, 2.75) is 26.1 Å². The third-order valence-corrected chi connectivity index (χ3v) is 5.02. The molecular formula is C25H20F3NO. The van der Waals surface area contributed by atoms with E-state index < -0.39 is 11.7 Å². The Balaban J connectivity index is 2.14. The molecule has 1 N–H and O–H groups in total. The van der Waals surface area contributed by atoms with Gasteiger partial charge in [-0.3, -0.25) is 4.99 Å². The molecule has 0 radical (unpaired) electrons. The number of fused-ring (bicyclic) bond motifs is 2. The van der Waals surface area contributed by atoms with E-state index in [4.69, 9.17) is 0 Å². The molecule has 0 amide bonds. The molecule has 0 aliphatic rings. The van der Waals surface area contributed by atoms with Crippen LogP contribution in [0, 0.1) is 0 Å². The average Bonchev–Trinajstić information content (AvgIpc) is 2.70. The van der Waals surface area contributed by atoms with E-state index in [1.165, 1.54) is 6.21 Å². The van der Waals surface area contributed by atoms with E-state index in [-0.39, 0.29) is 22.9 Å². The van der Waals surface area contributed by atoms with Crippen LogP contribution in [0.5, 0.6) is 5.75 Å². The largest absolute Gasteiger partial charge is 0.507 e. The summed E-state index contributed by atoms with van der Waals surface area (Å²) in [6, 6.07) is 18.8. The zero-order valence-corrected chi connectivity index (χ0v) is 16.5. The van der Waals surface area contributed by atoms with Gasteiger partial charge in [-0.05, 0) is 53.6 Å². The van der Waals surface area contributed by atoms with Crippen LogP contribution in [-0.2, 0) is 6.18 Å².